The molecular formula is C17H20ClNO2. The van der Waals surface area contributed by atoms with E-state index in [0.29, 0.717) is 11.8 Å². The molecule has 0 N–H and O–H groups in total. The van der Waals surface area contributed by atoms with E-state index in [4.69, 9.17) is 16.3 Å². The predicted octanol–water partition coefficient (Wildman–Crippen LogP) is 3.59. The van der Waals surface area contributed by atoms with E-state index in [1.54, 1.807) is 7.11 Å². The number of halogens is 1. The van der Waals surface area contributed by atoms with Gasteiger partial charge in [0.05, 0.1) is 18.6 Å². The minimum atomic E-state index is 0.0255. The summed E-state index contributed by atoms with van der Waals surface area (Å²) in [4.78, 5) is 14.6. The van der Waals surface area contributed by atoms with Crippen LogP contribution in [0.5, 0.6) is 5.75 Å². The number of rotatable bonds is 3. The molecule has 1 amide bonds. The molecule has 1 unspecified atom stereocenters. The first kappa shape index (κ1) is 13.4. The van der Waals surface area contributed by atoms with Gasteiger partial charge in [-0.05, 0) is 50.2 Å². The Bertz CT molecular complexity index is 621. The van der Waals surface area contributed by atoms with Gasteiger partial charge in [0.2, 0.25) is 5.91 Å². The summed E-state index contributed by atoms with van der Waals surface area (Å²) >= 11 is 6.46. The number of hydrogen-bond donors (Lipinski definition) is 0. The van der Waals surface area contributed by atoms with Gasteiger partial charge in [-0.25, -0.2) is 0 Å². The second-order valence-corrected chi connectivity index (χ2v) is 7.13. The van der Waals surface area contributed by atoms with Crippen LogP contribution >= 0.6 is 11.6 Å². The molecule has 2 fully saturated rings. The summed E-state index contributed by atoms with van der Waals surface area (Å²) in [6, 6.07) is 3.92. The Balaban J connectivity index is 1.71. The van der Waals surface area contributed by atoms with Crippen molar-refractivity contribution in [2.24, 2.45) is 11.3 Å². The third-order valence-corrected chi connectivity index (χ3v) is 5.94. The molecule has 21 heavy (non-hydrogen) atoms. The lowest BCUT2D eigenvalue weighted by Crippen LogP contribution is -2.36. The molecule has 0 saturated heterocycles. The zero-order chi connectivity index (χ0) is 14.8. The van der Waals surface area contributed by atoms with Crippen LogP contribution in [0.4, 0.5) is 0 Å². The molecule has 0 aromatic heterocycles. The Morgan fingerprint density at radius 3 is 2.76 bits per heavy atom. The summed E-state index contributed by atoms with van der Waals surface area (Å²) < 4.78 is 5.48. The Kier molecular flexibility index (Phi) is 2.81. The fourth-order valence-electron chi connectivity index (χ4n) is 3.97. The van der Waals surface area contributed by atoms with Crippen LogP contribution in [0.3, 0.4) is 0 Å². The van der Waals surface area contributed by atoms with Crippen molar-refractivity contribution in [3.8, 4) is 5.75 Å². The molecule has 2 saturated carbocycles. The van der Waals surface area contributed by atoms with E-state index in [0.717, 1.165) is 48.4 Å². The van der Waals surface area contributed by atoms with Gasteiger partial charge in [0.25, 0.3) is 0 Å². The third kappa shape index (κ3) is 1.83. The first-order valence-electron chi connectivity index (χ1n) is 7.71. The van der Waals surface area contributed by atoms with Crippen molar-refractivity contribution in [3.05, 3.63) is 28.3 Å². The van der Waals surface area contributed by atoms with Crippen molar-refractivity contribution in [2.45, 2.75) is 38.1 Å². The van der Waals surface area contributed by atoms with Gasteiger partial charge >= 0.3 is 0 Å². The van der Waals surface area contributed by atoms with Gasteiger partial charge in [-0.1, -0.05) is 11.6 Å². The SMILES string of the molecule is COc1ccc(Cl)c2c1CCCC2N(C)C(=O)C12CC1C2. The van der Waals surface area contributed by atoms with Crippen LogP contribution in [0.2, 0.25) is 5.02 Å². The molecule has 4 heteroatoms. The summed E-state index contributed by atoms with van der Waals surface area (Å²) in [5, 5.41) is 0.760. The number of nitrogens with zero attached hydrogens (tertiary/aromatic N) is 1. The van der Waals surface area contributed by atoms with Gasteiger partial charge in [-0.2, -0.15) is 0 Å². The quantitative estimate of drug-likeness (QED) is 0.854. The Morgan fingerprint density at radius 1 is 1.43 bits per heavy atom. The van der Waals surface area contributed by atoms with Gasteiger partial charge in [-0.3, -0.25) is 4.79 Å². The van der Waals surface area contributed by atoms with E-state index in [1.165, 1.54) is 5.56 Å². The normalized spacial score (nSPS) is 32.0. The van der Waals surface area contributed by atoms with E-state index in [9.17, 15) is 4.79 Å². The van der Waals surface area contributed by atoms with Crippen molar-refractivity contribution in [3.63, 3.8) is 0 Å². The van der Waals surface area contributed by atoms with Crippen molar-refractivity contribution < 1.29 is 9.53 Å². The topological polar surface area (TPSA) is 29.5 Å². The highest BCUT2D eigenvalue weighted by Gasteiger charge is 2.75. The lowest BCUT2D eigenvalue weighted by molar-refractivity contribution is -0.136. The van der Waals surface area contributed by atoms with Crippen LogP contribution in [0.1, 0.15) is 42.9 Å². The van der Waals surface area contributed by atoms with Gasteiger partial charge < -0.3 is 9.64 Å². The number of fused-ring (bicyclic) bond motifs is 2. The standard InChI is InChI=1S/C17H20ClNO2/c1-19(16(20)17-8-10(17)9-17)13-5-3-4-11-14(21-2)7-6-12(18)15(11)13/h6-7,10,13H,3-5,8-9H2,1-2H3. The Morgan fingerprint density at radius 2 is 2.14 bits per heavy atom. The third-order valence-electron chi connectivity index (χ3n) is 5.61. The smallest absolute Gasteiger partial charge is 0.229 e. The van der Waals surface area contributed by atoms with Crippen molar-refractivity contribution >= 4 is 17.5 Å². The van der Waals surface area contributed by atoms with E-state index >= 15 is 0 Å². The molecule has 3 aliphatic rings. The highest BCUT2D eigenvalue weighted by atomic mass is 35.5. The van der Waals surface area contributed by atoms with Crippen LogP contribution < -0.4 is 4.74 Å². The highest BCUT2D eigenvalue weighted by Crippen LogP contribution is 2.76. The molecule has 0 heterocycles. The minimum absolute atomic E-state index is 0.0255. The van der Waals surface area contributed by atoms with E-state index in [2.05, 4.69) is 0 Å². The summed E-state index contributed by atoms with van der Waals surface area (Å²) in [5.74, 6) is 1.90. The first-order valence-corrected chi connectivity index (χ1v) is 8.09. The zero-order valence-corrected chi connectivity index (χ0v) is 13.2. The number of benzene rings is 1. The van der Waals surface area contributed by atoms with Crippen LogP contribution in [0, 0.1) is 11.3 Å². The minimum Gasteiger partial charge on any atom is -0.496 e. The molecule has 1 aromatic carbocycles. The monoisotopic (exact) mass is 305 g/mol. The first-order chi connectivity index (χ1) is 10.1. The molecule has 4 rings (SSSR count). The average Bonchev–Trinajstić information content (AvgIpc) is 3.35. The zero-order valence-electron chi connectivity index (χ0n) is 12.5. The molecule has 1 atom stereocenters. The molecule has 0 spiro atoms. The van der Waals surface area contributed by atoms with Crippen LogP contribution in [-0.2, 0) is 11.2 Å². The molecular weight excluding hydrogens is 286 g/mol. The Hall–Kier alpha value is -1.22. The van der Waals surface area contributed by atoms with Gasteiger partial charge in [-0.15, -0.1) is 0 Å². The van der Waals surface area contributed by atoms with E-state index in [-0.39, 0.29) is 11.5 Å². The van der Waals surface area contributed by atoms with Gasteiger partial charge in [0, 0.05) is 23.2 Å². The van der Waals surface area contributed by atoms with Crippen LogP contribution in [-0.4, -0.2) is 25.0 Å². The molecule has 0 bridgehead atoms. The summed E-state index contributed by atoms with van der Waals surface area (Å²) in [6.45, 7) is 0. The molecule has 1 aromatic rings. The Labute approximate surface area is 130 Å². The molecule has 3 nitrogen and oxygen atoms in total. The summed E-state index contributed by atoms with van der Waals surface area (Å²) in [6.07, 6.45) is 5.24. The number of amides is 1. The second kappa shape index (κ2) is 4.39. The van der Waals surface area contributed by atoms with Gasteiger partial charge in [0.15, 0.2) is 0 Å². The molecule has 0 radical (unpaired) electrons. The fraction of sp³-hybridized carbons (Fsp3) is 0.588. The number of methoxy groups -OCH3 is 1. The van der Waals surface area contributed by atoms with Crippen molar-refractivity contribution in [1.29, 1.82) is 0 Å². The maximum atomic E-state index is 12.7. The van der Waals surface area contributed by atoms with Crippen LogP contribution in [0.15, 0.2) is 12.1 Å². The number of hydrogen-bond acceptors (Lipinski definition) is 2. The predicted molar refractivity (Wildman–Crippen MR) is 81.6 cm³/mol. The molecule has 0 aliphatic heterocycles. The maximum Gasteiger partial charge on any atom is 0.229 e. The number of ether oxygens (including phenoxy) is 1. The molecule has 3 aliphatic carbocycles. The maximum absolute atomic E-state index is 12.7. The van der Waals surface area contributed by atoms with Gasteiger partial charge in [0.1, 0.15) is 5.75 Å². The number of carbonyl (C=O) groups excluding carboxylic acids is 1. The highest BCUT2D eigenvalue weighted by molar-refractivity contribution is 6.31. The van der Waals surface area contributed by atoms with Crippen LogP contribution in [0.25, 0.3) is 0 Å². The lowest BCUT2D eigenvalue weighted by Gasteiger charge is -2.35. The van der Waals surface area contributed by atoms with Crippen molar-refractivity contribution in [1.82, 2.24) is 4.90 Å². The number of carbonyl (C=O) groups is 1. The van der Waals surface area contributed by atoms with Crippen molar-refractivity contribution in [2.75, 3.05) is 14.2 Å². The fourth-order valence-corrected chi connectivity index (χ4v) is 4.28. The average molecular weight is 306 g/mol. The summed E-state index contributed by atoms with van der Waals surface area (Å²) in [7, 11) is 3.64. The molecule has 112 valence electrons. The summed E-state index contributed by atoms with van der Waals surface area (Å²) in [5.41, 5.74) is 2.31. The lowest BCUT2D eigenvalue weighted by atomic mass is 9.86. The largest absolute Gasteiger partial charge is 0.496 e. The second-order valence-electron chi connectivity index (χ2n) is 6.73. The van der Waals surface area contributed by atoms with E-state index in [1.807, 2.05) is 24.1 Å². The van der Waals surface area contributed by atoms with E-state index < -0.39 is 0 Å².